The van der Waals surface area contributed by atoms with E-state index in [1.807, 2.05) is 66.7 Å². The predicted octanol–water partition coefficient (Wildman–Crippen LogP) is 4.69. The Morgan fingerprint density at radius 2 is 1.63 bits per heavy atom. The molecule has 0 saturated carbocycles. The van der Waals surface area contributed by atoms with Gasteiger partial charge in [-0.3, -0.25) is 9.59 Å². The average Bonchev–Trinajstić information content (AvgIpc) is 2.67. The quantitative estimate of drug-likeness (QED) is 0.648. The molecule has 0 heterocycles. The molecule has 0 radical (unpaired) electrons. The summed E-state index contributed by atoms with van der Waals surface area (Å²) in [4.78, 5) is 24.4. The van der Waals surface area contributed by atoms with E-state index in [0.717, 1.165) is 27.6 Å². The minimum absolute atomic E-state index is 0.136. The van der Waals surface area contributed by atoms with Crippen LogP contribution in [0.25, 0.3) is 10.8 Å². The third-order valence-corrected chi connectivity index (χ3v) is 4.44. The zero-order valence-electron chi connectivity index (χ0n) is 15.6. The molecule has 0 aromatic heterocycles. The molecule has 4 nitrogen and oxygen atoms in total. The Morgan fingerprint density at radius 3 is 2.44 bits per heavy atom. The van der Waals surface area contributed by atoms with Crippen LogP contribution in [0.15, 0.2) is 66.7 Å². The van der Waals surface area contributed by atoms with Gasteiger partial charge in [0, 0.05) is 5.69 Å². The van der Waals surface area contributed by atoms with E-state index >= 15 is 0 Å². The van der Waals surface area contributed by atoms with Crippen molar-refractivity contribution in [1.82, 2.24) is 0 Å². The maximum Gasteiger partial charge on any atom is 0.310 e. The number of esters is 1. The van der Waals surface area contributed by atoms with E-state index in [4.69, 9.17) is 4.74 Å². The standard InChI is InChI=1S/C23H23NO3/c1-16(2)19-11-5-6-13-21(19)24-22(25)15-27-23(26)14-18-10-7-9-17-8-3-4-12-20(17)18/h3-13,16H,14-15H2,1-2H3,(H,24,25). The summed E-state index contributed by atoms with van der Waals surface area (Å²) in [7, 11) is 0. The van der Waals surface area contributed by atoms with E-state index in [2.05, 4.69) is 19.2 Å². The van der Waals surface area contributed by atoms with Gasteiger partial charge >= 0.3 is 5.97 Å². The van der Waals surface area contributed by atoms with Crippen LogP contribution in [0.1, 0.15) is 30.9 Å². The second kappa shape index (κ2) is 8.49. The van der Waals surface area contributed by atoms with Gasteiger partial charge in [-0.05, 0) is 33.9 Å². The van der Waals surface area contributed by atoms with Gasteiger partial charge in [-0.25, -0.2) is 0 Å². The van der Waals surface area contributed by atoms with Gasteiger partial charge in [-0.1, -0.05) is 74.5 Å². The second-order valence-electron chi connectivity index (χ2n) is 6.77. The number of rotatable bonds is 6. The van der Waals surface area contributed by atoms with Gasteiger partial charge in [0.1, 0.15) is 0 Å². The number of fused-ring (bicyclic) bond motifs is 1. The molecule has 1 amide bonds. The summed E-state index contributed by atoms with van der Waals surface area (Å²) in [5.74, 6) is -0.469. The van der Waals surface area contributed by atoms with Crippen molar-refractivity contribution in [1.29, 1.82) is 0 Å². The Morgan fingerprint density at radius 1 is 0.926 bits per heavy atom. The van der Waals surface area contributed by atoms with Crippen LogP contribution >= 0.6 is 0 Å². The number of para-hydroxylation sites is 1. The van der Waals surface area contributed by atoms with Crippen LogP contribution in [0.2, 0.25) is 0 Å². The molecule has 138 valence electrons. The van der Waals surface area contributed by atoms with Gasteiger partial charge in [0.2, 0.25) is 0 Å². The molecule has 0 aliphatic carbocycles. The fourth-order valence-electron chi connectivity index (χ4n) is 3.10. The molecule has 0 fully saturated rings. The Bertz CT molecular complexity index is 957. The number of benzene rings is 3. The van der Waals surface area contributed by atoms with E-state index in [0.29, 0.717) is 0 Å². The van der Waals surface area contributed by atoms with Crippen LogP contribution in [-0.4, -0.2) is 18.5 Å². The fourth-order valence-corrected chi connectivity index (χ4v) is 3.10. The van der Waals surface area contributed by atoms with Crippen molar-refractivity contribution in [2.75, 3.05) is 11.9 Å². The van der Waals surface area contributed by atoms with Crippen molar-refractivity contribution in [3.05, 3.63) is 77.9 Å². The summed E-state index contributed by atoms with van der Waals surface area (Å²) in [5, 5.41) is 4.92. The molecule has 0 aliphatic rings. The molecular formula is C23H23NO3. The van der Waals surface area contributed by atoms with Gasteiger partial charge in [0.05, 0.1) is 6.42 Å². The molecule has 0 atom stereocenters. The Balaban J connectivity index is 1.58. The highest BCUT2D eigenvalue weighted by Crippen LogP contribution is 2.23. The molecule has 0 aliphatic heterocycles. The molecular weight excluding hydrogens is 338 g/mol. The molecule has 0 saturated heterocycles. The summed E-state index contributed by atoms with van der Waals surface area (Å²) >= 11 is 0. The molecule has 0 bridgehead atoms. The zero-order valence-corrected chi connectivity index (χ0v) is 15.6. The number of anilines is 1. The Labute approximate surface area is 159 Å². The molecule has 1 N–H and O–H groups in total. The number of amides is 1. The summed E-state index contributed by atoms with van der Waals surface area (Å²) in [6.45, 7) is 3.83. The number of nitrogens with one attached hydrogen (secondary N) is 1. The van der Waals surface area contributed by atoms with E-state index in [1.165, 1.54) is 0 Å². The molecule has 0 unspecified atom stereocenters. The van der Waals surface area contributed by atoms with Crippen LogP contribution in [0, 0.1) is 0 Å². The summed E-state index contributed by atoms with van der Waals surface area (Å²) in [6.07, 6.45) is 0.136. The normalized spacial score (nSPS) is 10.8. The smallest absolute Gasteiger partial charge is 0.310 e. The van der Waals surface area contributed by atoms with Crippen molar-refractivity contribution in [3.63, 3.8) is 0 Å². The third kappa shape index (κ3) is 4.73. The molecule has 3 rings (SSSR count). The van der Waals surface area contributed by atoms with Crippen molar-refractivity contribution in [3.8, 4) is 0 Å². The highest BCUT2D eigenvalue weighted by atomic mass is 16.5. The van der Waals surface area contributed by atoms with Crippen molar-refractivity contribution in [2.24, 2.45) is 0 Å². The Hall–Kier alpha value is -3.14. The van der Waals surface area contributed by atoms with E-state index < -0.39 is 5.97 Å². The molecule has 0 spiro atoms. The SMILES string of the molecule is CC(C)c1ccccc1NC(=O)COC(=O)Cc1cccc2ccccc12. The van der Waals surface area contributed by atoms with E-state index in [9.17, 15) is 9.59 Å². The first-order chi connectivity index (χ1) is 13.0. The maximum atomic E-state index is 12.2. The molecule has 3 aromatic carbocycles. The average molecular weight is 361 g/mol. The minimum atomic E-state index is -0.418. The highest BCUT2D eigenvalue weighted by Gasteiger charge is 2.13. The zero-order chi connectivity index (χ0) is 19.2. The fraction of sp³-hybridized carbons (Fsp3) is 0.217. The van der Waals surface area contributed by atoms with Crippen molar-refractivity contribution < 1.29 is 14.3 Å². The lowest BCUT2D eigenvalue weighted by molar-refractivity contribution is -0.146. The first-order valence-corrected chi connectivity index (χ1v) is 9.05. The third-order valence-electron chi connectivity index (χ3n) is 4.44. The van der Waals surface area contributed by atoms with E-state index in [1.54, 1.807) is 0 Å². The summed E-state index contributed by atoms with van der Waals surface area (Å²) < 4.78 is 5.18. The van der Waals surface area contributed by atoms with Crippen LogP contribution in [-0.2, 0) is 20.7 Å². The largest absolute Gasteiger partial charge is 0.455 e. The van der Waals surface area contributed by atoms with Crippen LogP contribution in [0.4, 0.5) is 5.69 Å². The number of ether oxygens (including phenoxy) is 1. The first kappa shape index (κ1) is 18.6. The number of hydrogen-bond acceptors (Lipinski definition) is 3. The van der Waals surface area contributed by atoms with Gasteiger partial charge in [-0.15, -0.1) is 0 Å². The lowest BCUT2D eigenvalue weighted by Gasteiger charge is -2.13. The van der Waals surface area contributed by atoms with Gasteiger partial charge in [-0.2, -0.15) is 0 Å². The monoisotopic (exact) mass is 361 g/mol. The lowest BCUT2D eigenvalue weighted by Crippen LogP contribution is -2.22. The Kier molecular flexibility index (Phi) is 5.87. The van der Waals surface area contributed by atoms with Crippen molar-refractivity contribution >= 4 is 28.3 Å². The van der Waals surface area contributed by atoms with E-state index in [-0.39, 0.29) is 24.9 Å². The van der Waals surface area contributed by atoms with Crippen LogP contribution in [0.5, 0.6) is 0 Å². The topological polar surface area (TPSA) is 55.4 Å². The summed E-state index contributed by atoms with van der Waals surface area (Å²) in [5.41, 5.74) is 2.69. The van der Waals surface area contributed by atoms with Gasteiger partial charge < -0.3 is 10.1 Å². The predicted molar refractivity (Wildman–Crippen MR) is 108 cm³/mol. The number of carbonyl (C=O) groups excluding carboxylic acids is 2. The minimum Gasteiger partial charge on any atom is -0.455 e. The summed E-state index contributed by atoms with van der Waals surface area (Å²) in [6, 6.07) is 21.4. The van der Waals surface area contributed by atoms with Gasteiger partial charge in [0.25, 0.3) is 5.91 Å². The highest BCUT2D eigenvalue weighted by molar-refractivity contribution is 5.94. The number of hydrogen-bond donors (Lipinski definition) is 1. The first-order valence-electron chi connectivity index (χ1n) is 9.05. The van der Waals surface area contributed by atoms with Crippen LogP contribution in [0.3, 0.4) is 0 Å². The van der Waals surface area contributed by atoms with Crippen LogP contribution < -0.4 is 5.32 Å². The lowest BCUT2D eigenvalue weighted by atomic mass is 10.0. The molecule has 4 heteroatoms. The number of carbonyl (C=O) groups is 2. The molecule has 27 heavy (non-hydrogen) atoms. The van der Waals surface area contributed by atoms with Crippen molar-refractivity contribution in [2.45, 2.75) is 26.2 Å². The van der Waals surface area contributed by atoms with Gasteiger partial charge in [0.15, 0.2) is 6.61 Å². The maximum absolute atomic E-state index is 12.2. The molecule has 3 aromatic rings. The second-order valence-corrected chi connectivity index (χ2v) is 6.77.